The fraction of sp³-hybridized carbons (Fsp3) is 0.200. The molecule has 0 rings (SSSR count). The second-order valence-electron chi connectivity index (χ2n) is 1.29. The van der Waals surface area contributed by atoms with Crippen LogP contribution in [0.5, 0.6) is 0 Å². The van der Waals surface area contributed by atoms with Crippen LogP contribution in [0.4, 0.5) is 4.79 Å². The van der Waals surface area contributed by atoms with Crippen molar-refractivity contribution in [1.82, 2.24) is 5.32 Å². The fourth-order valence-electron chi connectivity index (χ4n) is 0.228. The van der Waals surface area contributed by atoms with Crippen molar-refractivity contribution in [2.75, 3.05) is 6.73 Å². The number of carboxylic acid groups (broad SMARTS) is 1. The monoisotopic (exact) mass is 145 g/mol. The molecule has 0 spiro atoms. The number of ether oxygens (including phenoxy) is 1. The molecule has 0 aliphatic rings. The molecule has 0 saturated heterocycles. The third-order valence-electron chi connectivity index (χ3n) is 0.604. The second-order valence-corrected chi connectivity index (χ2v) is 1.29. The molecule has 0 aliphatic heterocycles. The molecule has 0 aromatic carbocycles. The van der Waals surface area contributed by atoms with Gasteiger partial charge in [-0.3, -0.25) is 5.32 Å². The fourth-order valence-corrected chi connectivity index (χ4v) is 0.228. The molecule has 0 unspecified atom stereocenters. The van der Waals surface area contributed by atoms with Gasteiger partial charge in [0.1, 0.15) is 0 Å². The highest BCUT2D eigenvalue weighted by Crippen LogP contribution is 1.74. The van der Waals surface area contributed by atoms with Gasteiger partial charge in [0.15, 0.2) is 6.73 Å². The Morgan fingerprint density at radius 1 is 1.70 bits per heavy atom. The molecule has 0 bridgehead atoms. The molecule has 0 saturated carbocycles. The summed E-state index contributed by atoms with van der Waals surface area (Å²) in [5, 5.41) is 9.81. The van der Waals surface area contributed by atoms with Crippen LogP contribution in [0.15, 0.2) is 12.7 Å². The van der Waals surface area contributed by atoms with Crippen molar-refractivity contribution in [1.29, 1.82) is 0 Å². The van der Waals surface area contributed by atoms with Crippen molar-refractivity contribution >= 4 is 12.1 Å². The van der Waals surface area contributed by atoms with Crippen molar-refractivity contribution in [3.63, 3.8) is 0 Å². The topological polar surface area (TPSA) is 75.6 Å². The lowest BCUT2D eigenvalue weighted by molar-refractivity contribution is -0.138. The number of amides is 1. The molecule has 0 aliphatic carbocycles. The van der Waals surface area contributed by atoms with Crippen LogP contribution in [-0.4, -0.2) is 23.9 Å². The molecule has 0 fully saturated rings. The molecule has 56 valence electrons. The van der Waals surface area contributed by atoms with E-state index in [0.29, 0.717) is 0 Å². The van der Waals surface area contributed by atoms with E-state index in [-0.39, 0.29) is 6.73 Å². The third kappa shape index (κ3) is 4.63. The quantitative estimate of drug-likeness (QED) is 0.331. The Kier molecular flexibility index (Phi) is 3.70. The smallest absolute Gasteiger partial charge is 0.407 e. The van der Waals surface area contributed by atoms with Gasteiger partial charge in [-0.15, -0.1) is 0 Å². The third-order valence-corrected chi connectivity index (χ3v) is 0.604. The summed E-state index contributed by atoms with van der Waals surface area (Å²) in [7, 11) is 0. The zero-order valence-corrected chi connectivity index (χ0v) is 5.16. The van der Waals surface area contributed by atoms with Gasteiger partial charge in [-0.2, -0.15) is 0 Å². The van der Waals surface area contributed by atoms with E-state index in [0.717, 1.165) is 6.08 Å². The van der Waals surface area contributed by atoms with Crippen molar-refractivity contribution in [2.45, 2.75) is 0 Å². The van der Waals surface area contributed by atoms with E-state index in [4.69, 9.17) is 5.11 Å². The van der Waals surface area contributed by atoms with Crippen LogP contribution in [0.2, 0.25) is 0 Å². The van der Waals surface area contributed by atoms with Crippen LogP contribution in [0.25, 0.3) is 0 Å². The van der Waals surface area contributed by atoms with Crippen molar-refractivity contribution in [3.05, 3.63) is 12.7 Å². The zero-order valence-electron chi connectivity index (χ0n) is 5.16. The van der Waals surface area contributed by atoms with Crippen LogP contribution < -0.4 is 5.32 Å². The molecule has 5 heteroatoms. The summed E-state index contributed by atoms with van der Waals surface area (Å²) in [4.78, 5) is 20.0. The Balaban J connectivity index is 3.28. The number of carbonyl (C=O) groups is 2. The van der Waals surface area contributed by atoms with Crippen LogP contribution in [0.3, 0.4) is 0 Å². The first-order chi connectivity index (χ1) is 4.66. The molecule has 0 heterocycles. The Morgan fingerprint density at radius 2 is 2.30 bits per heavy atom. The van der Waals surface area contributed by atoms with Gasteiger partial charge in [-0.1, -0.05) is 6.58 Å². The standard InChI is InChI=1S/C5H7NO4/c1-2-4(7)10-3-6-5(8)9/h2,6H,1,3H2,(H,8,9). The molecule has 0 aromatic heterocycles. The van der Waals surface area contributed by atoms with Gasteiger partial charge in [0, 0.05) is 6.08 Å². The molecule has 0 radical (unpaired) electrons. The SMILES string of the molecule is C=CC(=O)OCNC(=O)O. The van der Waals surface area contributed by atoms with E-state index >= 15 is 0 Å². The van der Waals surface area contributed by atoms with Crippen LogP contribution in [-0.2, 0) is 9.53 Å². The van der Waals surface area contributed by atoms with Gasteiger partial charge in [-0.05, 0) is 0 Å². The van der Waals surface area contributed by atoms with Gasteiger partial charge in [0.25, 0.3) is 0 Å². The summed E-state index contributed by atoms with van der Waals surface area (Å²) in [5.41, 5.74) is 0. The maximum absolute atomic E-state index is 10.2. The van der Waals surface area contributed by atoms with Gasteiger partial charge in [0.2, 0.25) is 0 Å². The van der Waals surface area contributed by atoms with Crippen molar-refractivity contribution < 1.29 is 19.4 Å². The number of nitrogens with one attached hydrogen (secondary N) is 1. The van der Waals surface area contributed by atoms with E-state index in [2.05, 4.69) is 11.3 Å². The molecular weight excluding hydrogens is 138 g/mol. The van der Waals surface area contributed by atoms with E-state index in [1.807, 2.05) is 5.32 Å². The first kappa shape index (κ1) is 8.48. The lowest BCUT2D eigenvalue weighted by atomic mass is 10.7. The normalized spacial score (nSPS) is 8.00. The minimum atomic E-state index is -1.24. The lowest BCUT2D eigenvalue weighted by Gasteiger charge is -1.99. The Bertz CT molecular complexity index is 154. The van der Waals surface area contributed by atoms with E-state index in [1.54, 1.807) is 0 Å². The maximum Gasteiger partial charge on any atom is 0.407 e. The predicted octanol–water partition coefficient (Wildman–Crippen LogP) is -0.0593. The summed E-state index contributed by atoms with van der Waals surface area (Å²) in [6, 6.07) is 0. The number of hydrogen-bond donors (Lipinski definition) is 2. The highest BCUT2D eigenvalue weighted by atomic mass is 16.5. The van der Waals surface area contributed by atoms with Crippen molar-refractivity contribution in [3.8, 4) is 0 Å². The molecule has 0 aromatic rings. The van der Waals surface area contributed by atoms with Crippen molar-refractivity contribution in [2.24, 2.45) is 0 Å². The minimum Gasteiger partial charge on any atom is -0.465 e. The van der Waals surface area contributed by atoms with E-state index in [9.17, 15) is 9.59 Å². The summed E-state index contributed by atoms with van der Waals surface area (Å²) in [6.07, 6.45) is -0.291. The average molecular weight is 145 g/mol. The largest absolute Gasteiger partial charge is 0.465 e. The highest BCUT2D eigenvalue weighted by Gasteiger charge is 1.95. The minimum absolute atomic E-state index is 0.347. The van der Waals surface area contributed by atoms with Crippen LogP contribution in [0, 0.1) is 0 Å². The molecule has 1 amide bonds. The average Bonchev–Trinajstić information content (AvgIpc) is 1.87. The molecule has 0 atom stereocenters. The number of rotatable bonds is 3. The van der Waals surface area contributed by atoms with E-state index < -0.39 is 12.1 Å². The molecular formula is C5H7NO4. The number of esters is 1. The summed E-state index contributed by atoms with van der Waals surface area (Å²) < 4.78 is 4.25. The van der Waals surface area contributed by atoms with Crippen LogP contribution in [0.1, 0.15) is 0 Å². The van der Waals surface area contributed by atoms with Crippen LogP contribution >= 0.6 is 0 Å². The zero-order chi connectivity index (χ0) is 7.98. The summed E-state index contributed by atoms with van der Waals surface area (Å²) in [5.74, 6) is -0.659. The maximum atomic E-state index is 10.2. The highest BCUT2D eigenvalue weighted by molar-refractivity contribution is 5.81. The molecule has 2 N–H and O–H groups in total. The van der Waals surface area contributed by atoms with Gasteiger partial charge in [-0.25, -0.2) is 9.59 Å². The molecule has 5 nitrogen and oxygen atoms in total. The first-order valence-corrected chi connectivity index (χ1v) is 2.43. The van der Waals surface area contributed by atoms with Gasteiger partial charge in [0.05, 0.1) is 0 Å². The number of hydrogen-bond acceptors (Lipinski definition) is 3. The molecule has 10 heavy (non-hydrogen) atoms. The predicted molar refractivity (Wildman–Crippen MR) is 32.3 cm³/mol. The van der Waals surface area contributed by atoms with E-state index in [1.165, 1.54) is 0 Å². The Hall–Kier alpha value is -1.52. The van der Waals surface area contributed by atoms with Gasteiger partial charge < -0.3 is 9.84 Å². The summed E-state index contributed by atoms with van der Waals surface area (Å²) >= 11 is 0. The Labute approximate surface area is 57.3 Å². The Morgan fingerprint density at radius 3 is 2.70 bits per heavy atom. The van der Waals surface area contributed by atoms with Gasteiger partial charge >= 0.3 is 12.1 Å². The number of carbonyl (C=O) groups excluding carboxylic acids is 1. The second kappa shape index (κ2) is 4.37. The summed E-state index contributed by atoms with van der Waals surface area (Å²) in [6.45, 7) is 2.76. The first-order valence-electron chi connectivity index (χ1n) is 2.43. The lowest BCUT2D eigenvalue weighted by Crippen LogP contribution is -2.25.